The molecule has 0 heterocycles. The van der Waals surface area contributed by atoms with E-state index in [-0.39, 0.29) is 18.6 Å². The van der Waals surface area contributed by atoms with Gasteiger partial charge in [-0.2, -0.15) is 0 Å². The second-order valence-electron chi connectivity index (χ2n) is 11.4. The summed E-state index contributed by atoms with van der Waals surface area (Å²) < 4.78 is 5.36. The van der Waals surface area contributed by atoms with Gasteiger partial charge in [-0.1, -0.05) is 55.5 Å². The maximum Gasteiger partial charge on any atom is 0.334 e. The summed E-state index contributed by atoms with van der Waals surface area (Å²) in [6.45, 7) is 20.8. The number of esters is 1. The van der Waals surface area contributed by atoms with E-state index in [1.165, 1.54) is 39.2 Å². The number of hydrogen-bond acceptors (Lipinski definition) is 5. The third kappa shape index (κ3) is 6.83. The average molecular weight is 568 g/mol. The smallest absolute Gasteiger partial charge is 0.334 e. The number of hydrogen-bond donors (Lipinski definition) is 1. The van der Waals surface area contributed by atoms with E-state index in [1.807, 2.05) is 0 Å². The Bertz CT molecular complexity index is 1340. The molecule has 0 bridgehead atoms. The number of anilines is 2. The SMILES string of the molecule is C=C(C)C(=O)OCNc1ccc(C(C2=CC=C(N(CC)CC)CC2C)c2ccc(N(CC)CC)cc2)c2c1CCC=C2. The molecular weight excluding hydrogens is 518 g/mol. The average Bonchev–Trinajstić information content (AvgIpc) is 3.00. The van der Waals surface area contributed by atoms with Crippen LogP contribution in [0.15, 0.2) is 78.0 Å². The molecule has 2 aromatic rings. The Morgan fingerprint density at radius 1 is 1.00 bits per heavy atom. The quantitative estimate of drug-likeness (QED) is 0.150. The molecule has 2 unspecified atom stereocenters. The zero-order valence-electron chi connectivity index (χ0n) is 26.5. The number of carbonyl (C=O) groups excluding carboxylic acids is 1. The summed E-state index contributed by atoms with van der Waals surface area (Å²) in [5.41, 5.74) is 10.8. The fourth-order valence-electron chi connectivity index (χ4n) is 6.42. The van der Waals surface area contributed by atoms with Gasteiger partial charge in [-0.3, -0.25) is 0 Å². The highest BCUT2D eigenvalue weighted by Gasteiger charge is 2.30. The molecule has 224 valence electrons. The van der Waals surface area contributed by atoms with Crippen LogP contribution in [-0.2, 0) is 16.0 Å². The van der Waals surface area contributed by atoms with E-state index in [0.717, 1.165) is 51.1 Å². The normalized spacial score (nSPS) is 16.6. The zero-order valence-corrected chi connectivity index (χ0v) is 26.5. The van der Waals surface area contributed by atoms with Gasteiger partial charge in [0.1, 0.15) is 0 Å². The van der Waals surface area contributed by atoms with Gasteiger partial charge in [-0.15, -0.1) is 0 Å². The lowest BCUT2D eigenvalue weighted by Crippen LogP contribution is -2.26. The van der Waals surface area contributed by atoms with Crippen LogP contribution in [0.4, 0.5) is 11.4 Å². The van der Waals surface area contributed by atoms with Crippen molar-refractivity contribution in [1.82, 2.24) is 4.90 Å². The fraction of sp³-hybridized carbons (Fsp3) is 0.432. The third-order valence-corrected chi connectivity index (χ3v) is 8.77. The van der Waals surface area contributed by atoms with Crippen LogP contribution in [0.25, 0.3) is 6.08 Å². The van der Waals surface area contributed by atoms with Crippen LogP contribution < -0.4 is 10.2 Å². The Labute approximate surface area is 253 Å². The van der Waals surface area contributed by atoms with E-state index in [2.05, 4.69) is 117 Å². The minimum absolute atomic E-state index is 0.124. The highest BCUT2D eigenvalue weighted by molar-refractivity contribution is 5.87. The molecule has 2 atom stereocenters. The first-order chi connectivity index (χ1) is 20.3. The summed E-state index contributed by atoms with van der Waals surface area (Å²) in [6.07, 6.45) is 12.3. The van der Waals surface area contributed by atoms with Crippen molar-refractivity contribution in [3.63, 3.8) is 0 Å². The highest BCUT2D eigenvalue weighted by Crippen LogP contribution is 2.44. The molecule has 0 fully saturated rings. The Balaban J connectivity index is 1.79. The molecule has 4 rings (SSSR count). The monoisotopic (exact) mass is 567 g/mol. The van der Waals surface area contributed by atoms with E-state index in [9.17, 15) is 4.79 Å². The summed E-state index contributed by atoms with van der Waals surface area (Å²) in [7, 11) is 0. The summed E-state index contributed by atoms with van der Waals surface area (Å²) in [5.74, 6) is 0.184. The van der Waals surface area contributed by atoms with Gasteiger partial charge < -0.3 is 19.9 Å². The number of rotatable bonds is 13. The van der Waals surface area contributed by atoms with Gasteiger partial charge in [0.05, 0.1) is 0 Å². The molecule has 0 aliphatic heterocycles. The second-order valence-corrected chi connectivity index (χ2v) is 11.4. The Morgan fingerprint density at radius 3 is 2.31 bits per heavy atom. The lowest BCUT2D eigenvalue weighted by atomic mass is 9.73. The number of nitrogens with zero attached hydrogens (tertiary/aromatic N) is 2. The first-order valence-corrected chi connectivity index (χ1v) is 15.7. The molecule has 0 saturated carbocycles. The fourth-order valence-corrected chi connectivity index (χ4v) is 6.42. The molecule has 2 aliphatic carbocycles. The Hall–Kier alpha value is -3.73. The Kier molecular flexibility index (Phi) is 10.7. The number of nitrogens with one attached hydrogen (secondary N) is 1. The molecular formula is C37H49N3O2. The van der Waals surface area contributed by atoms with Crippen LogP contribution >= 0.6 is 0 Å². The van der Waals surface area contributed by atoms with Crippen molar-refractivity contribution in [2.24, 2.45) is 5.92 Å². The van der Waals surface area contributed by atoms with E-state index >= 15 is 0 Å². The molecule has 0 amide bonds. The predicted octanol–water partition coefficient (Wildman–Crippen LogP) is 8.30. The van der Waals surface area contributed by atoms with E-state index in [0.29, 0.717) is 11.5 Å². The van der Waals surface area contributed by atoms with Gasteiger partial charge in [0.2, 0.25) is 0 Å². The van der Waals surface area contributed by atoms with Crippen LogP contribution in [0.1, 0.15) is 82.6 Å². The van der Waals surface area contributed by atoms with Crippen molar-refractivity contribution < 1.29 is 9.53 Å². The van der Waals surface area contributed by atoms with E-state index in [4.69, 9.17) is 4.74 Å². The molecule has 42 heavy (non-hydrogen) atoms. The molecule has 5 nitrogen and oxygen atoms in total. The van der Waals surface area contributed by atoms with E-state index in [1.54, 1.807) is 6.92 Å². The van der Waals surface area contributed by atoms with Crippen molar-refractivity contribution in [2.45, 2.75) is 66.7 Å². The topological polar surface area (TPSA) is 44.8 Å². The molecule has 2 aromatic carbocycles. The van der Waals surface area contributed by atoms with Gasteiger partial charge in [0.15, 0.2) is 6.73 Å². The molecule has 0 saturated heterocycles. The van der Waals surface area contributed by atoms with Gasteiger partial charge in [-0.25, -0.2) is 4.79 Å². The van der Waals surface area contributed by atoms with Crippen molar-refractivity contribution in [1.29, 1.82) is 0 Å². The van der Waals surface area contributed by atoms with Gasteiger partial charge >= 0.3 is 5.97 Å². The lowest BCUT2D eigenvalue weighted by molar-refractivity contribution is -0.138. The summed E-state index contributed by atoms with van der Waals surface area (Å²) in [5, 5.41) is 3.36. The highest BCUT2D eigenvalue weighted by atomic mass is 16.5. The molecule has 0 aromatic heterocycles. The van der Waals surface area contributed by atoms with Gasteiger partial charge in [0, 0.05) is 54.7 Å². The van der Waals surface area contributed by atoms with Crippen molar-refractivity contribution in [3.05, 3.63) is 100 Å². The van der Waals surface area contributed by atoms with E-state index < -0.39 is 0 Å². The maximum atomic E-state index is 11.9. The standard InChI is InChI=1S/C37H49N3O2/c1-8-39(9-2)29-18-16-28(17-19-29)36(31-21-20-30(24-27(31)7)40(10-3)11-4)34-22-23-35(33-15-13-12-14-32(33)34)38-25-42-37(41)26(5)6/h12,14,16-23,27,36,38H,5,8-11,13,15,24-25H2,1-4,6-7H3. The molecule has 1 N–H and O–H groups in total. The van der Waals surface area contributed by atoms with Gasteiger partial charge in [-0.05, 0) is 106 Å². The lowest BCUT2D eigenvalue weighted by Gasteiger charge is -2.35. The van der Waals surface area contributed by atoms with Crippen LogP contribution in [0.5, 0.6) is 0 Å². The summed E-state index contributed by atoms with van der Waals surface area (Å²) >= 11 is 0. The number of carbonyl (C=O) groups is 1. The number of allylic oxidation sites excluding steroid dienone is 5. The van der Waals surface area contributed by atoms with Crippen molar-refractivity contribution in [2.75, 3.05) is 43.1 Å². The maximum absolute atomic E-state index is 11.9. The summed E-state index contributed by atoms with van der Waals surface area (Å²) in [4.78, 5) is 16.8. The van der Waals surface area contributed by atoms with Crippen LogP contribution in [0, 0.1) is 5.92 Å². The van der Waals surface area contributed by atoms with Crippen LogP contribution in [0.2, 0.25) is 0 Å². The first kappa shape index (κ1) is 31.2. The second kappa shape index (κ2) is 14.4. The number of ether oxygens (including phenoxy) is 1. The molecule has 5 heteroatoms. The number of benzene rings is 2. The van der Waals surface area contributed by atoms with Crippen LogP contribution in [0.3, 0.4) is 0 Å². The zero-order chi connectivity index (χ0) is 30.2. The van der Waals surface area contributed by atoms with Crippen molar-refractivity contribution in [3.8, 4) is 0 Å². The van der Waals surface area contributed by atoms with Crippen molar-refractivity contribution >= 4 is 23.4 Å². The number of fused-ring (bicyclic) bond motifs is 1. The van der Waals surface area contributed by atoms with Gasteiger partial charge in [0.25, 0.3) is 0 Å². The third-order valence-electron chi connectivity index (χ3n) is 8.77. The van der Waals surface area contributed by atoms with Crippen LogP contribution in [-0.4, -0.2) is 43.8 Å². The molecule has 0 spiro atoms. The Morgan fingerprint density at radius 2 is 1.69 bits per heavy atom. The first-order valence-electron chi connectivity index (χ1n) is 15.7. The molecule has 0 radical (unpaired) electrons. The largest absolute Gasteiger partial charge is 0.441 e. The predicted molar refractivity (Wildman–Crippen MR) is 178 cm³/mol. The minimum atomic E-state index is -0.378. The minimum Gasteiger partial charge on any atom is -0.441 e. The summed E-state index contributed by atoms with van der Waals surface area (Å²) in [6, 6.07) is 13.7. The molecule has 2 aliphatic rings.